The van der Waals surface area contributed by atoms with Crippen LogP contribution in [0.2, 0.25) is 0 Å². The van der Waals surface area contributed by atoms with Gasteiger partial charge in [-0.3, -0.25) is 9.59 Å². The topological polar surface area (TPSA) is 83.8 Å². The van der Waals surface area contributed by atoms with Crippen LogP contribution in [0.4, 0.5) is 0 Å². The van der Waals surface area contributed by atoms with Crippen molar-refractivity contribution in [2.75, 3.05) is 13.7 Å². The highest BCUT2D eigenvalue weighted by molar-refractivity contribution is 5.67. The zero-order valence-electron chi connectivity index (χ0n) is 8.65. The van der Waals surface area contributed by atoms with Gasteiger partial charge >= 0.3 is 11.9 Å². The molecule has 5 nitrogen and oxygen atoms in total. The molecule has 0 saturated carbocycles. The maximum Gasteiger partial charge on any atom is 0.303 e. The van der Waals surface area contributed by atoms with Crippen molar-refractivity contribution in [2.24, 2.45) is 0 Å². The first-order valence-corrected chi connectivity index (χ1v) is 4.47. The molecule has 14 heavy (non-hydrogen) atoms. The molecule has 0 aliphatic rings. The lowest BCUT2D eigenvalue weighted by Crippen LogP contribution is -1.97. The molecular formula is C9H18O5. The normalized spacial score (nSPS) is 8.71. The second-order valence-corrected chi connectivity index (χ2v) is 2.57. The zero-order valence-corrected chi connectivity index (χ0v) is 8.65. The van der Waals surface area contributed by atoms with Gasteiger partial charge in [0.2, 0.25) is 0 Å². The fraction of sp³-hybridized carbons (Fsp3) is 0.778. The molecule has 0 spiro atoms. The maximum atomic E-state index is 9.90. The number of carboxylic acids is 2. The molecule has 0 aromatic heterocycles. The highest BCUT2D eigenvalue weighted by atomic mass is 16.5. The Morgan fingerprint density at radius 1 is 1.07 bits per heavy atom. The van der Waals surface area contributed by atoms with Gasteiger partial charge in [-0.2, -0.15) is 0 Å². The van der Waals surface area contributed by atoms with Gasteiger partial charge in [0.1, 0.15) is 0 Å². The van der Waals surface area contributed by atoms with Gasteiger partial charge in [-0.15, -0.1) is 0 Å². The van der Waals surface area contributed by atoms with Crippen LogP contribution in [-0.4, -0.2) is 35.9 Å². The Kier molecular flexibility index (Phi) is 13.1. The minimum Gasteiger partial charge on any atom is -0.481 e. The van der Waals surface area contributed by atoms with Gasteiger partial charge < -0.3 is 14.9 Å². The zero-order chi connectivity index (χ0) is 11.4. The van der Waals surface area contributed by atoms with E-state index >= 15 is 0 Å². The molecule has 0 aromatic rings. The second kappa shape index (κ2) is 11.9. The molecule has 0 saturated heterocycles. The summed E-state index contributed by atoms with van der Waals surface area (Å²) in [6, 6.07) is 0. The van der Waals surface area contributed by atoms with Crippen LogP contribution in [0.15, 0.2) is 0 Å². The molecule has 0 radical (unpaired) electrons. The van der Waals surface area contributed by atoms with Crippen LogP contribution in [0.1, 0.15) is 32.6 Å². The molecule has 2 N–H and O–H groups in total. The van der Waals surface area contributed by atoms with E-state index in [1.165, 1.54) is 0 Å². The molecule has 0 aromatic carbocycles. The molecule has 0 fully saturated rings. The summed E-state index contributed by atoms with van der Waals surface area (Å²) >= 11 is 0. The highest BCUT2D eigenvalue weighted by Crippen LogP contribution is 1.98. The average molecular weight is 206 g/mol. The fourth-order valence-electron chi connectivity index (χ4n) is 0.552. The summed E-state index contributed by atoms with van der Waals surface area (Å²) in [6.07, 6.45) is 1.02. The van der Waals surface area contributed by atoms with E-state index in [-0.39, 0.29) is 12.8 Å². The number of carboxylic acid groups (broad SMARTS) is 2. The minimum atomic E-state index is -0.870. The van der Waals surface area contributed by atoms with E-state index in [1.807, 2.05) is 6.92 Å². The molecule has 0 unspecified atom stereocenters. The number of ether oxygens (including phenoxy) is 1. The van der Waals surface area contributed by atoms with Crippen molar-refractivity contribution in [2.45, 2.75) is 32.6 Å². The lowest BCUT2D eigenvalue weighted by atomic mass is 10.2. The van der Waals surface area contributed by atoms with Crippen LogP contribution < -0.4 is 0 Å². The van der Waals surface area contributed by atoms with E-state index in [9.17, 15) is 9.59 Å². The van der Waals surface area contributed by atoms with E-state index in [4.69, 9.17) is 10.2 Å². The molecule has 0 aliphatic heterocycles. The van der Waals surface area contributed by atoms with Gasteiger partial charge in [0.15, 0.2) is 0 Å². The summed E-state index contributed by atoms with van der Waals surface area (Å²) in [5.74, 6) is -1.74. The number of rotatable bonds is 6. The van der Waals surface area contributed by atoms with Crippen LogP contribution in [0.25, 0.3) is 0 Å². The monoisotopic (exact) mass is 206 g/mol. The van der Waals surface area contributed by atoms with Gasteiger partial charge in [-0.1, -0.05) is 0 Å². The second-order valence-electron chi connectivity index (χ2n) is 2.57. The first kappa shape index (κ1) is 15.4. The molecule has 5 heteroatoms. The van der Waals surface area contributed by atoms with Crippen LogP contribution in [0, 0.1) is 0 Å². The first-order valence-electron chi connectivity index (χ1n) is 4.47. The molecule has 0 atom stereocenters. The van der Waals surface area contributed by atoms with Crippen molar-refractivity contribution in [1.29, 1.82) is 0 Å². The lowest BCUT2D eigenvalue weighted by molar-refractivity contribution is -0.139. The molecular weight excluding hydrogens is 188 g/mol. The summed E-state index contributed by atoms with van der Waals surface area (Å²) in [5.41, 5.74) is 0. The van der Waals surface area contributed by atoms with E-state index in [0.717, 1.165) is 6.61 Å². The first-order chi connectivity index (χ1) is 6.54. The van der Waals surface area contributed by atoms with Crippen LogP contribution in [0.3, 0.4) is 0 Å². The summed E-state index contributed by atoms with van der Waals surface area (Å²) < 4.78 is 4.54. The van der Waals surface area contributed by atoms with Gasteiger partial charge in [0, 0.05) is 26.6 Å². The Labute approximate surface area is 83.7 Å². The van der Waals surface area contributed by atoms with E-state index in [2.05, 4.69) is 4.74 Å². The van der Waals surface area contributed by atoms with Gasteiger partial charge in [-0.05, 0) is 19.8 Å². The number of unbranched alkanes of at least 4 members (excludes halogenated alkanes) is 1. The van der Waals surface area contributed by atoms with Gasteiger partial charge in [0.25, 0.3) is 0 Å². The van der Waals surface area contributed by atoms with Gasteiger partial charge in [0.05, 0.1) is 0 Å². The van der Waals surface area contributed by atoms with E-state index in [1.54, 1.807) is 7.11 Å². The molecule has 0 aliphatic carbocycles. The number of methoxy groups -OCH3 is 1. The number of hydrogen-bond donors (Lipinski definition) is 2. The Bertz CT molecular complexity index is 137. The summed E-state index contributed by atoms with van der Waals surface area (Å²) in [6.45, 7) is 2.78. The third kappa shape index (κ3) is 22.4. The molecule has 0 rings (SSSR count). The number of carbonyl (C=O) groups is 2. The maximum absolute atomic E-state index is 9.90. The third-order valence-corrected chi connectivity index (χ3v) is 1.32. The predicted octanol–water partition coefficient (Wildman–Crippen LogP) is 1.37. The highest BCUT2D eigenvalue weighted by Gasteiger charge is 1.99. The number of aliphatic carboxylic acids is 2. The Morgan fingerprint density at radius 3 is 1.50 bits per heavy atom. The fourth-order valence-corrected chi connectivity index (χ4v) is 0.552. The summed E-state index contributed by atoms with van der Waals surface area (Å²) in [5, 5.41) is 16.3. The average Bonchev–Trinajstić information content (AvgIpc) is 2.12. The largest absolute Gasteiger partial charge is 0.481 e. The SMILES string of the molecule is CCOC.O=C(O)CCCCC(=O)O. The minimum absolute atomic E-state index is 0.0628. The summed E-state index contributed by atoms with van der Waals surface area (Å²) in [7, 11) is 1.68. The van der Waals surface area contributed by atoms with Gasteiger partial charge in [-0.25, -0.2) is 0 Å². The Morgan fingerprint density at radius 2 is 1.36 bits per heavy atom. The third-order valence-electron chi connectivity index (χ3n) is 1.32. The predicted molar refractivity (Wildman–Crippen MR) is 51.3 cm³/mol. The smallest absolute Gasteiger partial charge is 0.303 e. The van der Waals surface area contributed by atoms with Crippen molar-refractivity contribution in [3.05, 3.63) is 0 Å². The van der Waals surface area contributed by atoms with Crippen molar-refractivity contribution in [3.63, 3.8) is 0 Å². The Hall–Kier alpha value is -1.10. The molecule has 0 heterocycles. The Balaban J connectivity index is 0. The van der Waals surface area contributed by atoms with Crippen LogP contribution >= 0.6 is 0 Å². The molecule has 0 amide bonds. The standard InChI is InChI=1S/C6H10O4.C3H8O/c7-5(8)3-1-2-4-6(9)10;1-3-4-2/h1-4H2,(H,7,8)(H,9,10);3H2,1-2H3. The molecule has 0 bridgehead atoms. The summed E-state index contributed by atoms with van der Waals surface area (Å²) in [4.78, 5) is 19.8. The van der Waals surface area contributed by atoms with E-state index in [0.29, 0.717) is 12.8 Å². The van der Waals surface area contributed by atoms with Crippen molar-refractivity contribution in [1.82, 2.24) is 0 Å². The van der Waals surface area contributed by atoms with E-state index < -0.39 is 11.9 Å². The quantitative estimate of drug-likeness (QED) is 0.641. The number of hydrogen-bond acceptors (Lipinski definition) is 3. The van der Waals surface area contributed by atoms with Crippen molar-refractivity contribution < 1.29 is 24.5 Å². The van der Waals surface area contributed by atoms with Crippen LogP contribution in [-0.2, 0) is 14.3 Å². The lowest BCUT2D eigenvalue weighted by Gasteiger charge is -1.92. The van der Waals surface area contributed by atoms with Crippen molar-refractivity contribution >= 4 is 11.9 Å². The van der Waals surface area contributed by atoms with Crippen molar-refractivity contribution in [3.8, 4) is 0 Å². The van der Waals surface area contributed by atoms with Crippen LogP contribution in [0.5, 0.6) is 0 Å². The molecule has 84 valence electrons.